The molecular weight excluding hydrogens is 368 g/mol. The van der Waals surface area contributed by atoms with Crippen LogP contribution in [0, 0.1) is 0 Å². The lowest BCUT2D eigenvalue weighted by atomic mass is 9.95. The number of nitrogens with zero attached hydrogens (tertiary/aromatic N) is 1. The Hall–Kier alpha value is -2.25. The zero-order valence-electron chi connectivity index (χ0n) is 17.1. The molecule has 29 heavy (non-hydrogen) atoms. The molecule has 2 aromatic rings. The maximum Gasteiger partial charge on any atom is 0.251 e. The molecule has 0 radical (unpaired) electrons. The quantitative estimate of drug-likeness (QED) is 0.714. The lowest BCUT2D eigenvalue weighted by Crippen LogP contribution is -2.65. The fraction of sp³-hybridized carbons (Fsp3) is 0.435. The van der Waals surface area contributed by atoms with Crippen molar-refractivity contribution in [2.75, 3.05) is 33.4 Å². The van der Waals surface area contributed by atoms with Crippen molar-refractivity contribution in [1.29, 1.82) is 0 Å². The van der Waals surface area contributed by atoms with Crippen LogP contribution in [0.5, 0.6) is 0 Å². The Bertz CT molecular complexity index is 798. The van der Waals surface area contributed by atoms with Gasteiger partial charge in [-0.1, -0.05) is 48.5 Å². The van der Waals surface area contributed by atoms with Gasteiger partial charge in [-0.2, -0.15) is 0 Å². The summed E-state index contributed by atoms with van der Waals surface area (Å²) in [5.41, 5.74) is 1.89. The van der Waals surface area contributed by atoms with Crippen molar-refractivity contribution >= 4 is 5.91 Å². The molecule has 1 saturated heterocycles. The highest BCUT2D eigenvalue weighted by Gasteiger charge is 2.40. The van der Waals surface area contributed by atoms with E-state index in [1.165, 1.54) is 0 Å². The molecule has 0 unspecified atom stereocenters. The second kappa shape index (κ2) is 9.98. The van der Waals surface area contributed by atoms with Crippen molar-refractivity contribution in [1.82, 2.24) is 10.2 Å². The van der Waals surface area contributed by atoms with E-state index in [2.05, 4.69) is 10.2 Å². The molecule has 6 nitrogen and oxygen atoms in total. The van der Waals surface area contributed by atoms with Gasteiger partial charge in [0, 0.05) is 18.2 Å². The number of hydrogen-bond donors (Lipinski definition) is 2. The van der Waals surface area contributed by atoms with Gasteiger partial charge in [-0.15, -0.1) is 0 Å². The van der Waals surface area contributed by atoms with Gasteiger partial charge < -0.3 is 19.9 Å². The summed E-state index contributed by atoms with van der Waals surface area (Å²) in [5.74, 6) is -0.177. The van der Waals surface area contributed by atoms with Crippen LogP contribution in [-0.2, 0) is 22.7 Å². The van der Waals surface area contributed by atoms with E-state index in [9.17, 15) is 9.90 Å². The maximum absolute atomic E-state index is 12.9. The first-order valence-corrected chi connectivity index (χ1v) is 9.95. The molecule has 0 spiro atoms. The van der Waals surface area contributed by atoms with Crippen molar-refractivity contribution in [3.05, 3.63) is 71.3 Å². The van der Waals surface area contributed by atoms with Crippen LogP contribution >= 0.6 is 0 Å². The normalized spacial score (nSPS) is 22.4. The Kier molecular flexibility index (Phi) is 7.39. The number of ether oxygens (including phenoxy) is 2. The van der Waals surface area contributed by atoms with E-state index < -0.39 is 5.54 Å². The van der Waals surface area contributed by atoms with Crippen LogP contribution in [0.15, 0.2) is 54.6 Å². The van der Waals surface area contributed by atoms with Crippen LogP contribution in [0.3, 0.4) is 0 Å². The Balaban J connectivity index is 1.62. The summed E-state index contributed by atoms with van der Waals surface area (Å²) in [6.45, 7) is 4.11. The molecule has 0 aliphatic carbocycles. The standard InChI is InChI=1S/C23H30N2O4/c1-18-12-29-17-23(16-26,25(18)2)15-24-22(27)21-11-7-6-10-20(21)14-28-13-19-8-4-3-5-9-19/h3-11,18,26H,12-17H2,1-2H3,(H,24,27)/t18-,23+/m1/s1. The Morgan fingerprint density at radius 3 is 2.69 bits per heavy atom. The van der Waals surface area contributed by atoms with Crippen molar-refractivity contribution in [3.8, 4) is 0 Å². The number of benzene rings is 2. The summed E-state index contributed by atoms with van der Waals surface area (Å²) in [6, 6.07) is 17.6. The third-order valence-corrected chi connectivity index (χ3v) is 5.64. The van der Waals surface area contributed by atoms with E-state index >= 15 is 0 Å². The van der Waals surface area contributed by atoms with Gasteiger partial charge in [0.05, 0.1) is 38.6 Å². The van der Waals surface area contributed by atoms with Crippen LogP contribution in [0.1, 0.15) is 28.4 Å². The zero-order valence-corrected chi connectivity index (χ0v) is 17.1. The third-order valence-electron chi connectivity index (χ3n) is 5.64. The molecule has 1 amide bonds. The van der Waals surface area contributed by atoms with Crippen LogP contribution in [-0.4, -0.2) is 60.9 Å². The summed E-state index contributed by atoms with van der Waals surface area (Å²) in [6.07, 6.45) is 0. The van der Waals surface area contributed by atoms with Crippen molar-refractivity contribution < 1.29 is 19.4 Å². The van der Waals surface area contributed by atoms with E-state index in [0.29, 0.717) is 38.5 Å². The molecule has 3 rings (SSSR count). The van der Waals surface area contributed by atoms with Crippen molar-refractivity contribution in [3.63, 3.8) is 0 Å². The topological polar surface area (TPSA) is 71.0 Å². The smallest absolute Gasteiger partial charge is 0.251 e. The first-order chi connectivity index (χ1) is 14.1. The van der Waals surface area contributed by atoms with Gasteiger partial charge in [0.2, 0.25) is 0 Å². The van der Waals surface area contributed by atoms with Gasteiger partial charge >= 0.3 is 0 Å². The minimum atomic E-state index is -0.619. The molecule has 2 atom stereocenters. The molecule has 1 heterocycles. The fourth-order valence-corrected chi connectivity index (χ4v) is 3.55. The number of carbonyl (C=O) groups is 1. The number of likely N-dealkylation sites (N-methyl/N-ethyl adjacent to an activating group) is 1. The van der Waals surface area contributed by atoms with E-state index in [0.717, 1.165) is 11.1 Å². The monoisotopic (exact) mass is 398 g/mol. The predicted octanol–water partition coefficient (Wildman–Crippen LogP) is 2.21. The van der Waals surface area contributed by atoms with Gasteiger partial charge in [0.15, 0.2) is 0 Å². The van der Waals surface area contributed by atoms with Gasteiger partial charge in [-0.05, 0) is 31.2 Å². The molecule has 1 aliphatic rings. The summed E-state index contributed by atoms with van der Waals surface area (Å²) in [4.78, 5) is 15.0. The molecule has 0 bridgehead atoms. The Labute approximate surface area is 172 Å². The summed E-state index contributed by atoms with van der Waals surface area (Å²) < 4.78 is 11.5. The second-order valence-corrected chi connectivity index (χ2v) is 7.68. The SMILES string of the molecule is C[C@@H]1COC[C@@](CO)(CNC(=O)c2ccccc2COCc2ccccc2)N1C. The number of hydrogen-bond acceptors (Lipinski definition) is 5. The first kappa shape index (κ1) is 21.5. The maximum atomic E-state index is 12.9. The van der Waals surface area contributed by atoms with E-state index in [-0.39, 0.29) is 18.6 Å². The highest BCUT2D eigenvalue weighted by atomic mass is 16.5. The molecule has 1 aliphatic heterocycles. The molecule has 2 aromatic carbocycles. The number of carbonyl (C=O) groups excluding carboxylic acids is 1. The number of nitrogens with one attached hydrogen (secondary N) is 1. The highest BCUT2D eigenvalue weighted by molar-refractivity contribution is 5.95. The van der Waals surface area contributed by atoms with Gasteiger partial charge in [-0.3, -0.25) is 9.69 Å². The molecule has 1 fully saturated rings. The van der Waals surface area contributed by atoms with Crippen LogP contribution in [0.4, 0.5) is 0 Å². The molecule has 6 heteroatoms. The lowest BCUT2D eigenvalue weighted by molar-refractivity contribution is -0.105. The Morgan fingerprint density at radius 2 is 1.93 bits per heavy atom. The predicted molar refractivity (Wildman–Crippen MR) is 112 cm³/mol. The van der Waals surface area contributed by atoms with Crippen LogP contribution in [0.2, 0.25) is 0 Å². The van der Waals surface area contributed by atoms with E-state index in [4.69, 9.17) is 9.47 Å². The van der Waals surface area contributed by atoms with Gasteiger partial charge in [-0.25, -0.2) is 0 Å². The minimum absolute atomic E-state index is 0.0873. The lowest BCUT2D eigenvalue weighted by Gasteiger charge is -2.47. The van der Waals surface area contributed by atoms with Crippen LogP contribution in [0.25, 0.3) is 0 Å². The minimum Gasteiger partial charge on any atom is -0.394 e. The second-order valence-electron chi connectivity index (χ2n) is 7.68. The van der Waals surface area contributed by atoms with Crippen molar-refractivity contribution in [2.24, 2.45) is 0 Å². The third kappa shape index (κ3) is 5.22. The molecule has 0 aromatic heterocycles. The average molecular weight is 399 g/mol. The number of amides is 1. The van der Waals surface area contributed by atoms with Gasteiger partial charge in [0.1, 0.15) is 0 Å². The summed E-state index contributed by atoms with van der Waals surface area (Å²) >= 11 is 0. The molecular formula is C23H30N2O4. The van der Waals surface area contributed by atoms with Crippen LogP contribution < -0.4 is 5.32 Å². The molecule has 2 N–H and O–H groups in total. The first-order valence-electron chi connectivity index (χ1n) is 9.95. The summed E-state index contributed by atoms with van der Waals surface area (Å²) in [5, 5.41) is 13.0. The number of morpholine rings is 1. The fourth-order valence-electron chi connectivity index (χ4n) is 3.55. The van der Waals surface area contributed by atoms with E-state index in [1.807, 2.05) is 62.5 Å². The highest BCUT2D eigenvalue weighted by Crippen LogP contribution is 2.22. The number of aliphatic hydroxyl groups is 1. The zero-order chi connectivity index (χ0) is 20.7. The van der Waals surface area contributed by atoms with Crippen molar-refractivity contribution in [2.45, 2.75) is 31.7 Å². The van der Waals surface area contributed by atoms with Gasteiger partial charge in [0.25, 0.3) is 5.91 Å². The number of rotatable bonds is 8. The summed E-state index contributed by atoms with van der Waals surface area (Å²) in [7, 11) is 1.96. The molecule has 156 valence electrons. The van der Waals surface area contributed by atoms with E-state index in [1.54, 1.807) is 6.07 Å². The molecule has 0 saturated carbocycles. The Morgan fingerprint density at radius 1 is 1.21 bits per heavy atom. The average Bonchev–Trinajstić information content (AvgIpc) is 2.76. The number of aliphatic hydroxyl groups excluding tert-OH is 1. The largest absolute Gasteiger partial charge is 0.394 e.